The van der Waals surface area contributed by atoms with Crippen molar-refractivity contribution in [1.29, 1.82) is 0 Å². The molecule has 0 saturated heterocycles. The number of ether oxygens (including phenoxy) is 1. The Hall–Kier alpha value is -1.42. The lowest BCUT2D eigenvalue weighted by molar-refractivity contribution is -0.384. The summed E-state index contributed by atoms with van der Waals surface area (Å²) >= 11 is 11.4. The predicted molar refractivity (Wildman–Crippen MR) is 74.9 cm³/mol. The van der Waals surface area contributed by atoms with Gasteiger partial charge in [-0.25, -0.2) is 8.42 Å². The number of carbonyl (C=O) groups is 1. The molecular weight excluding hydrogens is 347 g/mol. The second-order valence-corrected chi connectivity index (χ2v) is 6.60. The van der Waals surface area contributed by atoms with Crippen molar-refractivity contribution in [1.82, 2.24) is 4.31 Å². The van der Waals surface area contributed by atoms with Gasteiger partial charge in [-0.2, -0.15) is 4.31 Å². The number of nitrogens with zero attached hydrogens (tertiary/aromatic N) is 2. The smallest absolute Gasteiger partial charge is 0.321 e. The molecule has 21 heavy (non-hydrogen) atoms. The monoisotopic (exact) mass is 356 g/mol. The molecule has 0 unspecified atom stereocenters. The van der Waals surface area contributed by atoms with Crippen molar-refractivity contribution < 1.29 is 22.9 Å². The molecule has 0 amide bonds. The minimum Gasteiger partial charge on any atom is -0.468 e. The zero-order valence-corrected chi connectivity index (χ0v) is 13.2. The fraction of sp³-hybridized carbons (Fsp3) is 0.300. The molecule has 0 saturated carbocycles. The van der Waals surface area contributed by atoms with Gasteiger partial charge in [-0.05, 0) is 12.1 Å². The molecule has 0 fully saturated rings. The van der Waals surface area contributed by atoms with Gasteiger partial charge in [0, 0.05) is 7.05 Å². The van der Waals surface area contributed by atoms with Gasteiger partial charge in [0.05, 0.1) is 12.0 Å². The first-order chi connectivity index (χ1) is 9.62. The van der Waals surface area contributed by atoms with E-state index >= 15 is 0 Å². The summed E-state index contributed by atoms with van der Waals surface area (Å²) in [6, 6.07) is 2.07. The van der Waals surface area contributed by atoms with Crippen molar-refractivity contribution in [2.45, 2.75) is 4.90 Å². The Bertz CT molecular complexity index is 691. The maximum absolute atomic E-state index is 12.3. The molecule has 0 heterocycles. The quantitative estimate of drug-likeness (QED) is 0.451. The third kappa shape index (κ3) is 3.62. The van der Waals surface area contributed by atoms with Crippen LogP contribution in [0.4, 0.5) is 5.69 Å². The van der Waals surface area contributed by atoms with Gasteiger partial charge in [-0.3, -0.25) is 14.9 Å². The second kappa shape index (κ2) is 6.56. The van der Waals surface area contributed by atoms with Crippen molar-refractivity contribution in [3.63, 3.8) is 0 Å². The number of rotatable bonds is 5. The van der Waals surface area contributed by atoms with Gasteiger partial charge in [0.1, 0.15) is 21.5 Å². The Labute approximate surface area is 130 Å². The van der Waals surface area contributed by atoms with Gasteiger partial charge in [0.25, 0.3) is 0 Å². The number of benzene rings is 1. The van der Waals surface area contributed by atoms with E-state index < -0.39 is 43.1 Å². The summed E-state index contributed by atoms with van der Waals surface area (Å²) in [5.74, 6) is -0.791. The summed E-state index contributed by atoms with van der Waals surface area (Å²) in [7, 11) is -2.00. The molecule has 8 nitrogen and oxygen atoms in total. The molecule has 0 aromatic heterocycles. The predicted octanol–water partition coefficient (Wildman–Crippen LogP) is 1.70. The summed E-state index contributed by atoms with van der Waals surface area (Å²) in [4.78, 5) is 20.6. The Morgan fingerprint density at radius 1 is 1.43 bits per heavy atom. The molecule has 1 rings (SSSR count). The van der Waals surface area contributed by atoms with Gasteiger partial charge < -0.3 is 4.74 Å². The van der Waals surface area contributed by atoms with E-state index in [1.54, 1.807) is 0 Å². The Balaban J connectivity index is 3.36. The standard InChI is InChI=1S/C10H10Cl2N2O6S/c1-13(5-8(15)20-2)21(18,19)7-4-3-6(11)10(9(7)12)14(16)17/h3-4H,5H2,1-2H3. The molecule has 1 aromatic rings. The fourth-order valence-electron chi connectivity index (χ4n) is 1.39. The molecule has 11 heteroatoms. The summed E-state index contributed by atoms with van der Waals surface area (Å²) in [5.41, 5.74) is -0.717. The number of hydrogen-bond donors (Lipinski definition) is 0. The third-order valence-corrected chi connectivity index (χ3v) is 5.13. The molecule has 1 aromatic carbocycles. The maximum Gasteiger partial charge on any atom is 0.321 e. The van der Waals surface area contributed by atoms with E-state index in [9.17, 15) is 23.3 Å². The van der Waals surface area contributed by atoms with Crippen LogP contribution in [0.3, 0.4) is 0 Å². The SMILES string of the molecule is COC(=O)CN(C)S(=O)(=O)c1ccc(Cl)c([N+](=O)[O-])c1Cl. The highest BCUT2D eigenvalue weighted by Gasteiger charge is 2.31. The van der Waals surface area contributed by atoms with Gasteiger partial charge in [-0.15, -0.1) is 0 Å². The van der Waals surface area contributed by atoms with Crippen molar-refractivity contribution in [3.8, 4) is 0 Å². The average Bonchev–Trinajstić information content (AvgIpc) is 2.37. The van der Waals surface area contributed by atoms with E-state index in [-0.39, 0.29) is 5.02 Å². The van der Waals surface area contributed by atoms with Crippen molar-refractivity contribution in [2.75, 3.05) is 20.7 Å². The molecule has 0 bridgehead atoms. The lowest BCUT2D eigenvalue weighted by Crippen LogP contribution is -2.33. The minimum absolute atomic E-state index is 0.292. The number of nitro groups is 1. The van der Waals surface area contributed by atoms with Crippen molar-refractivity contribution in [2.24, 2.45) is 0 Å². The lowest BCUT2D eigenvalue weighted by atomic mass is 10.3. The third-order valence-electron chi connectivity index (χ3n) is 2.48. The molecule has 0 aliphatic rings. The number of sulfonamides is 1. The minimum atomic E-state index is -4.21. The van der Waals surface area contributed by atoms with E-state index in [1.165, 1.54) is 0 Å². The average molecular weight is 357 g/mol. The molecule has 0 radical (unpaired) electrons. The largest absolute Gasteiger partial charge is 0.468 e. The Morgan fingerprint density at radius 3 is 2.48 bits per heavy atom. The van der Waals surface area contributed by atoms with Crippen LogP contribution in [0.15, 0.2) is 17.0 Å². The van der Waals surface area contributed by atoms with Crippen LogP contribution >= 0.6 is 23.2 Å². The van der Waals surface area contributed by atoms with Crippen LogP contribution in [-0.2, 0) is 19.6 Å². The number of methoxy groups -OCH3 is 1. The highest BCUT2D eigenvalue weighted by atomic mass is 35.5. The van der Waals surface area contributed by atoms with Crippen molar-refractivity contribution >= 4 is 44.9 Å². The molecule has 0 spiro atoms. The topological polar surface area (TPSA) is 107 Å². The number of halogens is 2. The van der Waals surface area contributed by atoms with Crippen LogP contribution in [0.1, 0.15) is 0 Å². The lowest BCUT2D eigenvalue weighted by Gasteiger charge is -2.16. The first-order valence-electron chi connectivity index (χ1n) is 5.28. The molecule has 0 atom stereocenters. The molecule has 0 N–H and O–H groups in total. The summed E-state index contributed by atoms with van der Waals surface area (Å²) in [5, 5.41) is 9.96. The van der Waals surface area contributed by atoms with Crippen LogP contribution in [0, 0.1) is 10.1 Å². The molecule has 116 valence electrons. The Morgan fingerprint density at radius 2 is 2.00 bits per heavy atom. The van der Waals surface area contributed by atoms with Gasteiger partial charge >= 0.3 is 11.7 Å². The number of nitro benzene ring substituents is 1. The second-order valence-electron chi connectivity index (χ2n) is 3.80. The first kappa shape index (κ1) is 17.6. The van der Waals surface area contributed by atoms with Crippen LogP contribution < -0.4 is 0 Å². The number of likely N-dealkylation sites (N-methyl/N-ethyl adjacent to an activating group) is 1. The Kier molecular flexibility index (Phi) is 5.51. The highest BCUT2D eigenvalue weighted by molar-refractivity contribution is 7.89. The summed E-state index contributed by atoms with van der Waals surface area (Å²) in [6.45, 7) is -0.564. The first-order valence-corrected chi connectivity index (χ1v) is 7.48. The van der Waals surface area contributed by atoms with Gasteiger partial charge in [0.2, 0.25) is 10.0 Å². The van der Waals surface area contributed by atoms with Crippen LogP contribution in [-0.4, -0.2) is 44.3 Å². The molecular formula is C10H10Cl2N2O6S. The zero-order chi connectivity index (χ0) is 16.4. The normalized spacial score (nSPS) is 11.5. The molecule has 0 aliphatic heterocycles. The maximum atomic E-state index is 12.3. The van der Waals surface area contributed by atoms with Gasteiger partial charge in [0.15, 0.2) is 0 Å². The van der Waals surface area contributed by atoms with E-state index in [4.69, 9.17) is 23.2 Å². The summed E-state index contributed by atoms with van der Waals surface area (Å²) in [6.07, 6.45) is 0. The van der Waals surface area contributed by atoms with E-state index in [1.807, 2.05) is 0 Å². The van der Waals surface area contributed by atoms with Crippen LogP contribution in [0.2, 0.25) is 10.0 Å². The molecule has 0 aliphatic carbocycles. The number of esters is 1. The van der Waals surface area contributed by atoms with E-state index in [0.29, 0.717) is 4.31 Å². The number of hydrogen-bond acceptors (Lipinski definition) is 6. The fourth-order valence-corrected chi connectivity index (χ4v) is 3.36. The summed E-state index contributed by atoms with van der Waals surface area (Å²) < 4.78 is 29.5. The van der Waals surface area contributed by atoms with E-state index in [0.717, 1.165) is 26.3 Å². The van der Waals surface area contributed by atoms with Crippen LogP contribution in [0.5, 0.6) is 0 Å². The highest BCUT2D eigenvalue weighted by Crippen LogP contribution is 2.37. The zero-order valence-electron chi connectivity index (χ0n) is 10.9. The van der Waals surface area contributed by atoms with Crippen LogP contribution in [0.25, 0.3) is 0 Å². The van der Waals surface area contributed by atoms with Crippen molar-refractivity contribution in [3.05, 3.63) is 32.3 Å². The number of carbonyl (C=O) groups excluding carboxylic acids is 1. The van der Waals surface area contributed by atoms with Gasteiger partial charge in [-0.1, -0.05) is 23.2 Å². The van der Waals surface area contributed by atoms with E-state index in [2.05, 4.69) is 4.74 Å².